The van der Waals surface area contributed by atoms with E-state index in [9.17, 15) is 9.59 Å². The van der Waals surface area contributed by atoms with Crippen LogP contribution in [0.5, 0.6) is 23.0 Å². The summed E-state index contributed by atoms with van der Waals surface area (Å²) in [6.07, 6.45) is 0.804. The van der Waals surface area contributed by atoms with Crippen molar-refractivity contribution >= 4 is 11.7 Å². The van der Waals surface area contributed by atoms with Gasteiger partial charge in [0.2, 0.25) is 5.91 Å². The number of rotatable bonds is 12. The third-order valence-electron chi connectivity index (χ3n) is 5.58. The van der Waals surface area contributed by atoms with Crippen molar-refractivity contribution < 1.29 is 28.5 Å². The summed E-state index contributed by atoms with van der Waals surface area (Å²) in [4.78, 5) is 24.4. The maximum atomic E-state index is 12.8. The zero-order chi connectivity index (χ0) is 25.2. The largest absolute Gasteiger partial charge is 0.497 e. The van der Waals surface area contributed by atoms with Crippen LogP contribution < -0.4 is 24.3 Å². The topological polar surface area (TPSA) is 83.1 Å². The summed E-state index contributed by atoms with van der Waals surface area (Å²) in [7, 11) is 4.76. The zero-order valence-corrected chi connectivity index (χ0v) is 20.5. The Balaban J connectivity index is 1.62. The molecule has 0 heterocycles. The van der Waals surface area contributed by atoms with Gasteiger partial charge in [-0.25, -0.2) is 0 Å². The number of hydrogen-bond acceptors (Lipinski definition) is 6. The molecule has 3 rings (SSSR count). The van der Waals surface area contributed by atoms with Crippen molar-refractivity contribution in [2.45, 2.75) is 25.8 Å². The summed E-state index contributed by atoms with van der Waals surface area (Å²) in [5.74, 6) is 2.38. The van der Waals surface area contributed by atoms with Crippen molar-refractivity contribution in [3.8, 4) is 23.0 Å². The lowest BCUT2D eigenvalue weighted by Gasteiger charge is -2.21. The maximum absolute atomic E-state index is 12.8. The molecule has 0 fully saturated rings. The Kier molecular flexibility index (Phi) is 9.12. The Morgan fingerprint density at radius 2 is 1.34 bits per heavy atom. The van der Waals surface area contributed by atoms with E-state index in [1.165, 1.54) is 14.0 Å². The Labute approximate surface area is 206 Å². The van der Waals surface area contributed by atoms with Crippen LogP contribution in [-0.4, -0.2) is 39.6 Å². The molecule has 0 atom stereocenters. The number of hydrogen-bond donors (Lipinski definition) is 1. The molecular formula is C28H31NO6. The van der Waals surface area contributed by atoms with E-state index in [1.807, 2.05) is 48.5 Å². The predicted octanol–water partition coefficient (Wildman–Crippen LogP) is 4.98. The minimum absolute atomic E-state index is 0.0465. The summed E-state index contributed by atoms with van der Waals surface area (Å²) in [6, 6.07) is 20.0. The van der Waals surface area contributed by atoms with Gasteiger partial charge in [-0.2, -0.15) is 0 Å². The Morgan fingerprint density at radius 3 is 1.83 bits per heavy atom. The highest BCUT2D eigenvalue weighted by atomic mass is 16.5. The summed E-state index contributed by atoms with van der Waals surface area (Å²) in [5.41, 5.74) is 2.43. The average Bonchev–Trinajstić information content (AvgIpc) is 2.89. The van der Waals surface area contributed by atoms with Crippen LogP contribution in [0.4, 0.5) is 0 Å². The summed E-state index contributed by atoms with van der Waals surface area (Å²) < 4.78 is 21.6. The van der Waals surface area contributed by atoms with Crippen LogP contribution in [-0.2, 0) is 4.79 Å². The van der Waals surface area contributed by atoms with Crippen molar-refractivity contribution in [1.82, 2.24) is 5.32 Å². The molecule has 0 spiro atoms. The lowest BCUT2D eigenvalue weighted by Crippen LogP contribution is -2.29. The smallest absolute Gasteiger partial charge is 0.220 e. The quantitative estimate of drug-likeness (QED) is 0.293. The number of carbonyl (C=O) groups is 2. The normalized spacial score (nSPS) is 10.5. The van der Waals surface area contributed by atoms with E-state index >= 15 is 0 Å². The predicted molar refractivity (Wildman–Crippen MR) is 134 cm³/mol. The number of nitrogens with one attached hydrogen (secondary N) is 1. The molecule has 3 aromatic rings. The van der Waals surface area contributed by atoms with E-state index in [1.54, 1.807) is 32.4 Å². The molecule has 7 heteroatoms. The number of Topliss-reactive ketones (excluding diaryl/α,β-unsaturated/α-hetero) is 1. The van der Waals surface area contributed by atoms with E-state index < -0.39 is 0 Å². The second kappa shape index (κ2) is 12.5. The first-order valence-electron chi connectivity index (χ1n) is 11.3. The summed E-state index contributed by atoms with van der Waals surface area (Å²) in [6.45, 7) is 1.83. The van der Waals surface area contributed by atoms with Gasteiger partial charge in [-0.05, 0) is 66.9 Å². The van der Waals surface area contributed by atoms with Crippen LogP contribution in [0.2, 0.25) is 0 Å². The third kappa shape index (κ3) is 6.99. The summed E-state index contributed by atoms with van der Waals surface area (Å²) in [5, 5.41) is 3.13. The van der Waals surface area contributed by atoms with E-state index in [4.69, 9.17) is 18.9 Å². The van der Waals surface area contributed by atoms with E-state index in [0.29, 0.717) is 30.1 Å². The maximum Gasteiger partial charge on any atom is 0.220 e. The second-order valence-electron chi connectivity index (χ2n) is 7.92. The van der Waals surface area contributed by atoms with Gasteiger partial charge in [0.15, 0.2) is 17.3 Å². The number of methoxy groups -OCH3 is 3. The van der Waals surface area contributed by atoms with Crippen LogP contribution in [0.25, 0.3) is 0 Å². The number of ether oxygens (including phenoxy) is 4. The first-order chi connectivity index (χ1) is 16.9. The van der Waals surface area contributed by atoms with Gasteiger partial charge in [-0.1, -0.05) is 24.3 Å². The van der Waals surface area contributed by atoms with Gasteiger partial charge >= 0.3 is 0 Å². The molecule has 0 aromatic heterocycles. The van der Waals surface area contributed by atoms with Crippen LogP contribution in [0, 0.1) is 0 Å². The van der Waals surface area contributed by atoms with E-state index in [2.05, 4.69) is 5.32 Å². The van der Waals surface area contributed by atoms with Crippen LogP contribution in [0.3, 0.4) is 0 Å². The fourth-order valence-electron chi connectivity index (χ4n) is 3.61. The van der Waals surface area contributed by atoms with Gasteiger partial charge < -0.3 is 24.3 Å². The Hall–Kier alpha value is -4.00. The van der Waals surface area contributed by atoms with Gasteiger partial charge in [0.25, 0.3) is 0 Å². The lowest BCUT2D eigenvalue weighted by atomic mass is 9.98. The molecule has 0 bridgehead atoms. The molecule has 184 valence electrons. The van der Waals surface area contributed by atoms with Crippen molar-refractivity contribution in [2.75, 3.05) is 27.9 Å². The van der Waals surface area contributed by atoms with Gasteiger partial charge in [-0.3, -0.25) is 9.59 Å². The first kappa shape index (κ1) is 25.6. The Bertz CT molecular complexity index is 1080. The molecule has 0 aliphatic rings. The molecule has 1 amide bonds. The fourth-order valence-corrected chi connectivity index (χ4v) is 3.61. The zero-order valence-electron chi connectivity index (χ0n) is 20.5. The number of ketones is 1. The van der Waals surface area contributed by atoms with Crippen molar-refractivity contribution in [1.29, 1.82) is 0 Å². The average molecular weight is 478 g/mol. The fraction of sp³-hybridized carbons (Fsp3) is 0.286. The molecule has 1 N–H and O–H groups in total. The van der Waals surface area contributed by atoms with Crippen molar-refractivity contribution in [3.05, 3.63) is 83.4 Å². The number of amides is 1. The standard InChI is InChI=1S/C28H31NO6/c1-19(30)22-11-16-25(26(18-22)34-4)35-17-5-6-27(31)29-28(20-7-12-23(32-2)13-8-20)21-9-14-24(33-3)15-10-21/h7-16,18,28H,5-6,17H2,1-4H3,(H,29,31). The molecular weight excluding hydrogens is 446 g/mol. The molecule has 0 saturated heterocycles. The van der Waals surface area contributed by atoms with Crippen LogP contribution >= 0.6 is 0 Å². The van der Waals surface area contributed by atoms with Gasteiger partial charge in [0.1, 0.15) is 11.5 Å². The third-order valence-corrected chi connectivity index (χ3v) is 5.58. The molecule has 0 radical (unpaired) electrons. The molecule has 0 aliphatic heterocycles. The molecule has 0 unspecified atom stereocenters. The van der Waals surface area contributed by atoms with Gasteiger partial charge in [0, 0.05) is 12.0 Å². The molecule has 7 nitrogen and oxygen atoms in total. The number of benzene rings is 3. The first-order valence-corrected chi connectivity index (χ1v) is 11.3. The SMILES string of the molecule is COc1ccc(C(NC(=O)CCCOc2ccc(C(C)=O)cc2OC)c2ccc(OC)cc2)cc1. The van der Waals surface area contributed by atoms with Gasteiger partial charge in [-0.15, -0.1) is 0 Å². The molecule has 0 aliphatic carbocycles. The minimum atomic E-state index is -0.320. The van der Waals surface area contributed by atoms with Crippen LogP contribution in [0.15, 0.2) is 66.7 Å². The monoisotopic (exact) mass is 477 g/mol. The molecule has 35 heavy (non-hydrogen) atoms. The van der Waals surface area contributed by atoms with E-state index in [0.717, 1.165) is 22.6 Å². The summed E-state index contributed by atoms with van der Waals surface area (Å²) >= 11 is 0. The Morgan fingerprint density at radius 1 is 0.771 bits per heavy atom. The molecule has 3 aromatic carbocycles. The van der Waals surface area contributed by atoms with Gasteiger partial charge in [0.05, 0.1) is 34.0 Å². The molecule has 0 saturated carbocycles. The van der Waals surface area contributed by atoms with Crippen molar-refractivity contribution in [2.24, 2.45) is 0 Å². The lowest BCUT2D eigenvalue weighted by molar-refractivity contribution is -0.121. The highest BCUT2D eigenvalue weighted by Gasteiger charge is 2.17. The van der Waals surface area contributed by atoms with E-state index in [-0.39, 0.29) is 24.2 Å². The van der Waals surface area contributed by atoms with Crippen molar-refractivity contribution in [3.63, 3.8) is 0 Å². The number of carbonyl (C=O) groups excluding carboxylic acids is 2. The van der Waals surface area contributed by atoms with Crippen LogP contribution in [0.1, 0.15) is 47.3 Å². The minimum Gasteiger partial charge on any atom is -0.497 e. The second-order valence-corrected chi connectivity index (χ2v) is 7.92. The highest BCUT2D eigenvalue weighted by molar-refractivity contribution is 5.94. The highest BCUT2D eigenvalue weighted by Crippen LogP contribution is 2.29.